The van der Waals surface area contributed by atoms with Crippen LogP contribution < -0.4 is 0 Å². The second kappa shape index (κ2) is 54.5. The first kappa shape index (κ1) is 57.5. The zero-order chi connectivity index (χ0) is 41.8. The molecule has 0 aliphatic carbocycles. The molecule has 0 rings (SSSR count). The Morgan fingerprint density at radius 2 is 0.397 bits per heavy atom. The average molecular weight is 833 g/mol. The predicted octanol–water partition coefficient (Wildman–Crippen LogP) is 20.4. The molecule has 0 aromatic carbocycles. The molecule has 4 heteroatoms. The standard InChI is InChI=1S/C54H105O3P/c1-4-7-10-13-16-19-22-25-28-31-34-37-40-43-46-49-52-55-58(56-53-50-47-44-41-38-35-32-29-26-23-20-17-14-11-8-5-2)57-54-51-48-45-42-39-36-33-30-27-24-21-18-15-12-9-6-3/h25-30H,4-24,31-54H2,1-3H3. The van der Waals surface area contributed by atoms with Crippen molar-refractivity contribution >= 4 is 8.60 Å². The Hall–Kier alpha value is -0.470. The summed E-state index contributed by atoms with van der Waals surface area (Å²) in [5.74, 6) is 0. The molecule has 0 aromatic rings. The van der Waals surface area contributed by atoms with E-state index in [1.807, 2.05) is 0 Å². The van der Waals surface area contributed by atoms with Gasteiger partial charge in [0.25, 0.3) is 0 Å². The lowest BCUT2D eigenvalue weighted by molar-refractivity contribution is 0.153. The van der Waals surface area contributed by atoms with E-state index in [9.17, 15) is 0 Å². The van der Waals surface area contributed by atoms with Crippen LogP contribution in [-0.2, 0) is 13.6 Å². The molecule has 0 heterocycles. The summed E-state index contributed by atoms with van der Waals surface area (Å²) >= 11 is 0. The fourth-order valence-electron chi connectivity index (χ4n) is 7.58. The Labute approximate surface area is 367 Å². The minimum Gasteiger partial charge on any atom is -0.312 e. The molecule has 0 aromatic heterocycles. The largest absolute Gasteiger partial charge is 0.332 e. The summed E-state index contributed by atoms with van der Waals surface area (Å²) in [6.45, 7) is 9.20. The fraction of sp³-hybridized carbons (Fsp3) is 0.889. The first-order valence-electron chi connectivity index (χ1n) is 26.5. The van der Waals surface area contributed by atoms with Crippen molar-refractivity contribution in [2.75, 3.05) is 19.8 Å². The third-order valence-electron chi connectivity index (χ3n) is 11.6. The summed E-state index contributed by atoms with van der Waals surface area (Å²) in [4.78, 5) is 0. The summed E-state index contributed by atoms with van der Waals surface area (Å²) < 4.78 is 18.7. The van der Waals surface area contributed by atoms with Crippen LogP contribution in [0, 0.1) is 0 Å². The molecule has 0 aliphatic rings. The highest BCUT2D eigenvalue weighted by molar-refractivity contribution is 7.41. The Morgan fingerprint density at radius 3 is 0.603 bits per heavy atom. The van der Waals surface area contributed by atoms with E-state index in [1.54, 1.807) is 0 Å². The van der Waals surface area contributed by atoms with Gasteiger partial charge >= 0.3 is 8.60 Å². The normalized spacial score (nSPS) is 12.7. The molecular formula is C54H105O3P. The van der Waals surface area contributed by atoms with Crippen LogP contribution in [0.1, 0.15) is 290 Å². The monoisotopic (exact) mass is 833 g/mol. The van der Waals surface area contributed by atoms with Gasteiger partial charge < -0.3 is 13.6 Å². The van der Waals surface area contributed by atoms with Crippen molar-refractivity contribution in [1.29, 1.82) is 0 Å². The maximum atomic E-state index is 6.22. The molecule has 0 saturated heterocycles. The average Bonchev–Trinajstić information content (AvgIpc) is 3.23. The van der Waals surface area contributed by atoms with Crippen LogP contribution in [0.2, 0.25) is 0 Å². The number of allylic oxidation sites excluding steroid dienone is 6. The van der Waals surface area contributed by atoms with Crippen LogP contribution in [0.25, 0.3) is 0 Å². The molecule has 3 nitrogen and oxygen atoms in total. The molecule has 0 amide bonds. The van der Waals surface area contributed by atoms with Gasteiger partial charge in [0.1, 0.15) is 0 Å². The summed E-state index contributed by atoms with van der Waals surface area (Å²) in [6.07, 6.45) is 70.4. The van der Waals surface area contributed by atoms with Crippen LogP contribution >= 0.6 is 8.60 Å². The van der Waals surface area contributed by atoms with Gasteiger partial charge in [-0.1, -0.05) is 231 Å². The maximum Gasteiger partial charge on any atom is 0.332 e. The highest BCUT2D eigenvalue weighted by Gasteiger charge is 2.12. The molecule has 0 aliphatic heterocycles. The van der Waals surface area contributed by atoms with Gasteiger partial charge in [0.05, 0.1) is 19.8 Å². The van der Waals surface area contributed by atoms with E-state index in [1.165, 1.54) is 250 Å². The lowest BCUT2D eigenvalue weighted by atomic mass is 10.1. The second-order valence-corrected chi connectivity index (χ2v) is 18.8. The Kier molecular flexibility index (Phi) is 54.1. The van der Waals surface area contributed by atoms with Gasteiger partial charge in [-0.2, -0.15) is 0 Å². The van der Waals surface area contributed by atoms with Crippen LogP contribution in [0.3, 0.4) is 0 Å². The topological polar surface area (TPSA) is 27.7 Å². The van der Waals surface area contributed by atoms with Crippen molar-refractivity contribution in [3.63, 3.8) is 0 Å². The van der Waals surface area contributed by atoms with Crippen molar-refractivity contribution in [1.82, 2.24) is 0 Å². The zero-order valence-corrected chi connectivity index (χ0v) is 40.9. The third-order valence-corrected chi connectivity index (χ3v) is 12.7. The molecule has 0 bridgehead atoms. The SMILES string of the molecule is CCCCCCCCC=CCCCCCCCCOP(OCCCCCCCCC=CCCCCCCCC)OCCCCCCCCC=CCCCCCCCC. The minimum atomic E-state index is -1.21. The van der Waals surface area contributed by atoms with Gasteiger partial charge in [0.2, 0.25) is 0 Å². The van der Waals surface area contributed by atoms with Crippen molar-refractivity contribution in [2.24, 2.45) is 0 Å². The molecule has 0 atom stereocenters. The highest BCUT2D eigenvalue weighted by atomic mass is 31.2. The lowest BCUT2D eigenvalue weighted by Gasteiger charge is -2.17. The summed E-state index contributed by atoms with van der Waals surface area (Å²) in [7, 11) is -1.21. The van der Waals surface area contributed by atoms with Crippen LogP contribution in [0.4, 0.5) is 0 Å². The molecule has 0 unspecified atom stereocenters. The number of unbranched alkanes of at least 4 members (excludes halogenated alkanes) is 36. The third kappa shape index (κ3) is 51.7. The lowest BCUT2D eigenvalue weighted by Crippen LogP contribution is -2.00. The van der Waals surface area contributed by atoms with E-state index in [4.69, 9.17) is 13.6 Å². The van der Waals surface area contributed by atoms with E-state index in [-0.39, 0.29) is 0 Å². The molecule has 0 saturated carbocycles. The van der Waals surface area contributed by atoms with Gasteiger partial charge in [-0.25, -0.2) is 0 Å². The molecule has 0 radical (unpaired) electrons. The van der Waals surface area contributed by atoms with E-state index in [2.05, 4.69) is 57.2 Å². The number of hydrogen-bond acceptors (Lipinski definition) is 3. The Morgan fingerprint density at radius 1 is 0.224 bits per heavy atom. The minimum absolute atomic E-state index is 0.772. The van der Waals surface area contributed by atoms with Crippen molar-refractivity contribution in [3.8, 4) is 0 Å². The second-order valence-electron chi connectivity index (χ2n) is 17.5. The Bertz CT molecular complexity index is 705. The van der Waals surface area contributed by atoms with E-state index in [0.29, 0.717) is 0 Å². The van der Waals surface area contributed by atoms with Gasteiger partial charge in [0, 0.05) is 0 Å². The van der Waals surface area contributed by atoms with Crippen molar-refractivity contribution in [2.45, 2.75) is 290 Å². The highest BCUT2D eigenvalue weighted by Crippen LogP contribution is 2.40. The first-order valence-corrected chi connectivity index (χ1v) is 27.6. The van der Waals surface area contributed by atoms with Crippen molar-refractivity contribution < 1.29 is 13.6 Å². The molecular weight excluding hydrogens is 728 g/mol. The first-order chi connectivity index (χ1) is 28.8. The Balaban J connectivity index is 4.05. The maximum absolute atomic E-state index is 6.22. The van der Waals surface area contributed by atoms with Gasteiger partial charge in [-0.15, -0.1) is 0 Å². The number of rotatable bonds is 51. The van der Waals surface area contributed by atoms with E-state index < -0.39 is 8.60 Å². The zero-order valence-electron chi connectivity index (χ0n) is 40.0. The smallest absolute Gasteiger partial charge is 0.312 e. The molecule has 0 spiro atoms. The van der Waals surface area contributed by atoms with Gasteiger partial charge in [-0.05, 0) is 96.3 Å². The molecule has 344 valence electrons. The predicted molar refractivity (Wildman–Crippen MR) is 263 cm³/mol. The summed E-state index contributed by atoms with van der Waals surface area (Å²) in [5.41, 5.74) is 0. The molecule has 0 N–H and O–H groups in total. The molecule has 0 fully saturated rings. The van der Waals surface area contributed by atoms with Crippen molar-refractivity contribution in [3.05, 3.63) is 36.5 Å². The quantitative estimate of drug-likeness (QED) is 0.0347. The molecule has 58 heavy (non-hydrogen) atoms. The van der Waals surface area contributed by atoms with Gasteiger partial charge in [-0.3, -0.25) is 0 Å². The van der Waals surface area contributed by atoms with E-state index in [0.717, 1.165) is 39.1 Å². The fourth-order valence-corrected chi connectivity index (χ4v) is 8.64. The summed E-state index contributed by atoms with van der Waals surface area (Å²) in [5, 5.41) is 0. The van der Waals surface area contributed by atoms with Crippen LogP contribution in [0.5, 0.6) is 0 Å². The van der Waals surface area contributed by atoms with Gasteiger partial charge in [0.15, 0.2) is 0 Å². The van der Waals surface area contributed by atoms with Crippen LogP contribution in [0.15, 0.2) is 36.5 Å². The summed E-state index contributed by atoms with van der Waals surface area (Å²) in [6, 6.07) is 0. The number of hydrogen-bond donors (Lipinski definition) is 0. The van der Waals surface area contributed by atoms with Crippen LogP contribution in [-0.4, -0.2) is 19.8 Å². The van der Waals surface area contributed by atoms with E-state index >= 15 is 0 Å².